The van der Waals surface area contributed by atoms with Gasteiger partial charge in [-0.3, -0.25) is 0 Å². The Morgan fingerprint density at radius 3 is 3.00 bits per heavy atom. The van der Waals surface area contributed by atoms with Crippen molar-refractivity contribution in [3.05, 3.63) is 5.89 Å². The zero-order valence-corrected chi connectivity index (χ0v) is 12.6. The highest BCUT2D eigenvalue weighted by Crippen LogP contribution is 2.38. The van der Waals surface area contributed by atoms with Gasteiger partial charge in [0, 0.05) is 12.6 Å². The summed E-state index contributed by atoms with van der Waals surface area (Å²) in [7, 11) is 0. The van der Waals surface area contributed by atoms with E-state index >= 15 is 0 Å². The largest absolute Gasteiger partial charge is 0.406 e. The zero-order valence-electron chi connectivity index (χ0n) is 12.6. The van der Waals surface area contributed by atoms with Gasteiger partial charge < -0.3 is 14.6 Å². The molecule has 20 heavy (non-hydrogen) atoms. The quantitative estimate of drug-likeness (QED) is 0.897. The number of nitrogens with one attached hydrogen (secondary N) is 1. The molecule has 5 nitrogen and oxygen atoms in total. The third-order valence-electron chi connectivity index (χ3n) is 4.76. The second-order valence-electron chi connectivity index (χ2n) is 6.19. The van der Waals surface area contributed by atoms with E-state index in [0.29, 0.717) is 11.9 Å². The van der Waals surface area contributed by atoms with Crippen molar-refractivity contribution in [1.29, 1.82) is 0 Å². The van der Waals surface area contributed by atoms with Gasteiger partial charge in [0.1, 0.15) is 0 Å². The molecular weight excluding hydrogens is 252 g/mol. The van der Waals surface area contributed by atoms with Crippen LogP contribution in [0.1, 0.15) is 64.3 Å². The van der Waals surface area contributed by atoms with Crippen LogP contribution >= 0.6 is 0 Å². The molecule has 1 aliphatic carbocycles. The van der Waals surface area contributed by atoms with Gasteiger partial charge in [-0.1, -0.05) is 24.9 Å². The molecule has 0 amide bonds. The Hall–Kier alpha value is -1.10. The third-order valence-corrected chi connectivity index (χ3v) is 4.76. The standard InChI is InChI=1S/C15H26N4O/c1-3-9-16-11(2)14-17-18-15(20-14)19-10-8-12-6-4-5-7-13(12)19/h11-13,16H,3-10H2,1-2H3. The fraction of sp³-hybridized carbons (Fsp3) is 0.867. The number of hydrogen-bond acceptors (Lipinski definition) is 5. The first-order chi connectivity index (χ1) is 9.79. The van der Waals surface area contributed by atoms with Crippen LogP contribution in [-0.4, -0.2) is 29.3 Å². The van der Waals surface area contributed by atoms with Gasteiger partial charge in [-0.05, 0) is 45.1 Å². The lowest BCUT2D eigenvalue weighted by Gasteiger charge is -2.30. The molecule has 0 spiro atoms. The molecule has 1 aromatic heterocycles. The molecule has 1 saturated carbocycles. The molecule has 0 bridgehead atoms. The summed E-state index contributed by atoms with van der Waals surface area (Å²) in [5.41, 5.74) is 0. The molecule has 1 N–H and O–H groups in total. The minimum absolute atomic E-state index is 0.140. The van der Waals surface area contributed by atoms with Gasteiger partial charge in [0.05, 0.1) is 6.04 Å². The Balaban J connectivity index is 1.67. The van der Waals surface area contributed by atoms with Crippen molar-refractivity contribution < 1.29 is 4.42 Å². The molecule has 3 rings (SSSR count). The average molecular weight is 278 g/mol. The predicted octanol–water partition coefficient (Wildman–Crippen LogP) is 2.90. The maximum Gasteiger partial charge on any atom is 0.318 e. The highest BCUT2D eigenvalue weighted by molar-refractivity contribution is 5.30. The fourth-order valence-corrected chi connectivity index (χ4v) is 3.61. The smallest absolute Gasteiger partial charge is 0.318 e. The molecule has 1 aromatic rings. The van der Waals surface area contributed by atoms with E-state index in [1.54, 1.807) is 0 Å². The molecule has 1 saturated heterocycles. The Labute approximate surface area is 121 Å². The number of aromatic nitrogens is 2. The molecule has 3 atom stereocenters. The minimum atomic E-state index is 0.140. The summed E-state index contributed by atoms with van der Waals surface area (Å²) in [5, 5.41) is 11.9. The lowest BCUT2D eigenvalue weighted by atomic mass is 9.85. The van der Waals surface area contributed by atoms with Crippen molar-refractivity contribution in [1.82, 2.24) is 15.5 Å². The van der Waals surface area contributed by atoms with E-state index in [0.717, 1.165) is 31.4 Å². The van der Waals surface area contributed by atoms with Gasteiger partial charge >= 0.3 is 6.01 Å². The van der Waals surface area contributed by atoms with Crippen molar-refractivity contribution in [3.63, 3.8) is 0 Å². The van der Waals surface area contributed by atoms with Crippen LogP contribution < -0.4 is 10.2 Å². The SMILES string of the molecule is CCCNC(C)c1nnc(N2CCC3CCCCC32)o1. The molecule has 112 valence electrons. The summed E-state index contributed by atoms with van der Waals surface area (Å²) < 4.78 is 5.92. The first-order valence-corrected chi connectivity index (χ1v) is 8.13. The van der Waals surface area contributed by atoms with E-state index in [4.69, 9.17) is 4.42 Å². The fourth-order valence-electron chi connectivity index (χ4n) is 3.61. The molecule has 2 aliphatic rings. The molecule has 1 aliphatic heterocycles. The minimum Gasteiger partial charge on any atom is -0.406 e. The van der Waals surface area contributed by atoms with Crippen molar-refractivity contribution in [2.45, 2.75) is 64.5 Å². The first kappa shape index (κ1) is 13.9. The van der Waals surface area contributed by atoms with Gasteiger partial charge in [0.25, 0.3) is 0 Å². The lowest BCUT2D eigenvalue weighted by molar-refractivity contribution is 0.332. The molecule has 0 radical (unpaired) electrons. The summed E-state index contributed by atoms with van der Waals surface area (Å²) in [5.74, 6) is 1.56. The number of nitrogens with zero attached hydrogens (tertiary/aromatic N) is 3. The van der Waals surface area contributed by atoms with E-state index in [-0.39, 0.29) is 6.04 Å². The monoisotopic (exact) mass is 278 g/mol. The Bertz CT molecular complexity index is 433. The van der Waals surface area contributed by atoms with Crippen LogP contribution in [0.3, 0.4) is 0 Å². The second kappa shape index (κ2) is 6.12. The summed E-state index contributed by atoms with van der Waals surface area (Å²) in [6.07, 6.45) is 7.78. The summed E-state index contributed by atoms with van der Waals surface area (Å²) in [6.45, 7) is 6.30. The molecule has 2 fully saturated rings. The highest BCUT2D eigenvalue weighted by atomic mass is 16.4. The van der Waals surface area contributed by atoms with E-state index in [1.807, 2.05) is 0 Å². The number of anilines is 1. The van der Waals surface area contributed by atoms with Crippen molar-refractivity contribution in [3.8, 4) is 0 Å². The van der Waals surface area contributed by atoms with Crippen molar-refractivity contribution in [2.24, 2.45) is 5.92 Å². The van der Waals surface area contributed by atoms with Gasteiger partial charge in [-0.15, -0.1) is 5.10 Å². The highest BCUT2D eigenvalue weighted by Gasteiger charge is 2.38. The molecular formula is C15H26N4O. The molecule has 2 heterocycles. The third kappa shape index (κ3) is 2.68. The van der Waals surface area contributed by atoms with Crippen LogP contribution in [0.5, 0.6) is 0 Å². The van der Waals surface area contributed by atoms with Gasteiger partial charge in [0.15, 0.2) is 0 Å². The predicted molar refractivity (Wildman–Crippen MR) is 78.7 cm³/mol. The first-order valence-electron chi connectivity index (χ1n) is 8.13. The summed E-state index contributed by atoms with van der Waals surface area (Å²) in [4.78, 5) is 2.35. The number of rotatable bonds is 5. The summed E-state index contributed by atoms with van der Waals surface area (Å²) in [6, 6.07) is 1.51. The summed E-state index contributed by atoms with van der Waals surface area (Å²) >= 11 is 0. The molecule has 3 unspecified atom stereocenters. The molecule has 5 heteroatoms. The van der Waals surface area contributed by atoms with Gasteiger partial charge in [0.2, 0.25) is 5.89 Å². The van der Waals surface area contributed by atoms with Gasteiger partial charge in [-0.25, -0.2) is 0 Å². The van der Waals surface area contributed by atoms with Crippen LogP contribution in [-0.2, 0) is 0 Å². The van der Waals surface area contributed by atoms with Crippen molar-refractivity contribution in [2.75, 3.05) is 18.0 Å². The average Bonchev–Trinajstić information content (AvgIpc) is 3.10. The Morgan fingerprint density at radius 2 is 2.15 bits per heavy atom. The van der Waals surface area contributed by atoms with Crippen LogP contribution in [0.4, 0.5) is 6.01 Å². The molecule has 0 aromatic carbocycles. The number of fused-ring (bicyclic) bond motifs is 1. The van der Waals surface area contributed by atoms with E-state index in [2.05, 4.69) is 34.3 Å². The van der Waals surface area contributed by atoms with Crippen LogP contribution in [0.15, 0.2) is 4.42 Å². The Kier molecular flexibility index (Phi) is 4.24. The normalized spacial score (nSPS) is 27.6. The van der Waals surface area contributed by atoms with Gasteiger partial charge in [-0.2, -0.15) is 0 Å². The van der Waals surface area contributed by atoms with Crippen LogP contribution in [0.25, 0.3) is 0 Å². The zero-order chi connectivity index (χ0) is 13.9. The van der Waals surface area contributed by atoms with Crippen LogP contribution in [0, 0.1) is 5.92 Å². The van der Waals surface area contributed by atoms with E-state index in [9.17, 15) is 0 Å². The Morgan fingerprint density at radius 1 is 1.30 bits per heavy atom. The lowest BCUT2D eigenvalue weighted by Crippen LogP contribution is -2.34. The topological polar surface area (TPSA) is 54.2 Å². The maximum absolute atomic E-state index is 5.92. The van der Waals surface area contributed by atoms with Crippen molar-refractivity contribution >= 4 is 6.01 Å². The maximum atomic E-state index is 5.92. The number of hydrogen-bond donors (Lipinski definition) is 1. The second-order valence-corrected chi connectivity index (χ2v) is 6.19. The van der Waals surface area contributed by atoms with Crippen LogP contribution in [0.2, 0.25) is 0 Å². The van der Waals surface area contributed by atoms with E-state index in [1.165, 1.54) is 32.1 Å². The van der Waals surface area contributed by atoms with E-state index < -0.39 is 0 Å².